The van der Waals surface area contributed by atoms with Crippen molar-refractivity contribution in [3.63, 3.8) is 0 Å². The zero-order valence-electron chi connectivity index (χ0n) is 16.6. The van der Waals surface area contributed by atoms with E-state index in [-0.39, 0.29) is 17.7 Å². The van der Waals surface area contributed by atoms with Crippen molar-refractivity contribution in [2.75, 3.05) is 5.32 Å². The van der Waals surface area contributed by atoms with E-state index in [2.05, 4.69) is 10.6 Å². The summed E-state index contributed by atoms with van der Waals surface area (Å²) in [6.45, 7) is 3.55. The molecule has 4 N–H and O–H groups in total. The van der Waals surface area contributed by atoms with Crippen molar-refractivity contribution in [2.45, 2.75) is 26.3 Å². The summed E-state index contributed by atoms with van der Waals surface area (Å²) in [6, 6.07) is 15.7. The second-order valence-electron chi connectivity index (χ2n) is 7.20. The molecule has 1 atom stereocenters. The lowest BCUT2D eigenvalue weighted by Gasteiger charge is -2.20. The Kier molecular flexibility index (Phi) is 6.81. The normalized spacial score (nSPS) is 11.9. The molecule has 7 nitrogen and oxygen atoms in total. The molecule has 2 aromatic carbocycles. The Hall–Kier alpha value is -3.23. The number of amides is 3. The minimum absolute atomic E-state index is 0.195. The van der Waals surface area contributed by atoms with Crippen LogP contribution in [0.3, 0.4) is 0 Å². The molecule has 3 aromatic rings. The van der Waals surface area contributed by atoms with Gasteiger partial charge in [0.05, 0.1) is 4.88 Å². The Labute approximate surface area is 178 Å². The van der Waals surface area contributed by atoms with Crippen molar-refractivity contribution in [1.29, 1.82) is 0 Å². The lowest BCUT2D eigenvalue weighted by Crippen LogP contribution is -2.46. The number of hydroxylamine groups is 1. The molecule has 0 fully saturated rings. The Morgan fingerprint density at radius 2 is 1.73 bits per heavy atom. The average molecular weight is 426 g/mol. The van der Waals surface area contributed by atoms with Gasteiger partial charge in [0.25, 0.3) is 5.91 Å². The number of hydrogen-bond donors (Lipinski definition) is 4. The highest BCUT2D eigenvalue weighted by molar-refractivity contribution is 7.20. The van der Waals surface area contributed by atoms with E-state index in [1.807, 2.05) is 30.3 Å². The van der Waals surface area contributed by atoms with E-state index >= 15 is 0 Å². The SMILES string of the molecule is CC(C)C(=O)N[C@@H](Cc1ccccc1)C(=O)Nc1ccc2sc(C(=O)NO)cc2c1. The van der Waals surface area contributed by atoms with Crippen LogP contribution in [0.1, 0.15) is 29.1 Å². The van der Waals surface area contributed by atoms with Gasteiger partial charge in [-0.25, -0.2) is 5.48 Å². The molecule has 0 aliphatic carbocycles. The predicted octanol–water partition coefficient (Wildman–Crippen LogP) is 3.34. The molecule has 156 valence electrons. The molecule has 0 saturated heterocycles. The maximum Gasteiger partial charge on any atom is 0.284 e. The van der Waals surface area contributed by atoms with Gasteiger partial charge in [0.2, 0.25) is 11.8 Å². The van der Waals surface area contributed by atoms with E-state index < -0.39 is 11.9 Å². The first kappa shape index (κ1) is 21.5. The van der Waals surface area contributed by atoms with E-state index in [4.69, 9.17) is 5.21 Å². The number of nitrogens with one attached hydrogen (secondary N) is 3. The third-order valence-electron chi connectivity index (χ3n) is 4.55. The van der Waals surface area contributed by atoms with Crippen molar-refractivity contribution in [3.05, 3.63) is 65.0 Å². The number of carbonyl (C=O) groups is 3. The van der Waals surface area contributed by atoms with Crippen LogP contribution in [-0.4, -0.2) is 29.0 Å². The van der Waals surface area contributed by atoms with Crippen molar-refractivity contribution in [2.24, 2.45) is 5.92 Å². The van der Waals surface area contributed by atoms with Gasteiger partial charge in [-0.2, -0.15) is 0 Å². The van der Waals surface area contributed by atoms with Gasteiger partial charge in [-0.05, 0) is 35.2 Å². The molecular formula is C22H23N3O4S. The van der Waals surface area contributed by atoms with Gasteiger partial charge in [0, 0.05) is 22.7 Å². The molecule has 30 heavy (non-hydrogen) atoms. The zero-order valence-corrected chi connectivity index (χ0v) is 17.5. The molecule has 1 aromatic heterocycles. The second kappa shape index (κ2) is 9.51. The number of fused-ring (bicyclic) bond motifs is 1. The van der Waals surface area contributed by atoms with Gasteiger partial charge in [-0.3, -0.25) is 19.6 Å². The number of thiophene rings is 1. The molecule has 0 bridgehead atoms. The second-order valence-corrected chi connectivity index (χ2v) is 8.28. The summed E-state index contributed by atoms with van der Waals surface area (Å²) in [4.78, 5) is 37.1. The van der Waals surface area contributed by atoms with Crippen molar-refractivity contribution in [3.8, 4) is 0 Å². The fourth-order valence-electron chi connectivity index (χ4n) is 2.91. The van der Waals surface area contributed by atoms with E-state index in [0.717, 1.165) is 15.6 Å². The number of hydrogen-bond acceptors (Lipinski definition) is 5. The molecule has 1 heterocycles. The number of carbonyl (C=O) groups excluding carboxylic acids is 3. The average Bonchev–Trinajstić information content (AvgIpc) is 3.16. The van der Waals surface area contributed by atoms with Crippen LogP contribution >= 0.6 is 11.3 Å². The third-order valence-corrected chi connectivity index (χ3v) is 5.66. The van der Waals surface area contributed by atoms with E-state index in [9.17, 15) is 14.4 Å². The minimum atomic E-state index is -0.726. The Morgan fingerprint density at radius 1 is 1.00 bits per heavy atom. The topological polar surface area (TPSA) is 108 Å². The lowest BCUT2D eigenvalue weighted by atomic mass is 10.0. The van der Waals surface area contributed by atoms with Crippen LogP contribution in [0.5, 0.6) is 0 Å². The molecule has 0 aliphatic rings. The fraction of sp³-hybridized carbons (Fsp3) is 0.227. The smallest absolute Gasteiger partial charge is 0.284 e. The van der Waals surface area contributed by atoms with Crippen LogP contribution in [-0.2, 0) is 16.0 Å². The van der Waals surface area contributed by atoms with Gasteiger partial charge in [-0.1, -0.05) is 44.2 Å². The third kappa shape index (κ3) is 5.22. The molecule has 0 saturated carbocycles. The first-order valence-electron chi connectivity index (χ1n) is 9.50. The van der Waals surface area contributed by atoms with Crippen molar-refractivity contribution < 1.29 is 19.6 Å². The van der Waals surface area contributed by atoms with Crippen LogP contribution in [0, 0.1) is 5.92 Å². The van der Waals surface area contributed by atoms with Crippen molar-refractivity contribution >= 4 is 44.8 Å². The molecule has 3 amide bonds. The van der Waals surface area contributed by atoms with Gasteiger partial charge in [0.1, 0.15) is 6.04 Å². The molecule has 0 radical (unpaired) electrons. The highest BCUT2D eigenvalue weighted by atomic mass is 32.1. The summed E-state index contributed by atoms with van der Waals surface area (Å²) >= 11 is 1.24. The number of anilines is 1. The summed E-state index contributed by atoms with van der Waals surface area (Å²) in [5, 5.41) is 15.2. The van der Waals surface area contributed by atoms with Crippen LogP contribution in [0.15, 0.2) is 54.6 Å². The fourth-order valence-corrected chi connectivity index (χ4v) is 3.85. The summed E-state index contributed by atoms with van der Waals surface area (Å²) < 4.78 is 0.848. The standard InChI is InChI=1S/C22H23N3O4S/c1-13(2)20(26)24-17(10-14-6-4-3-5-7-14)21(27)23-16-8-9-18-15(11-16)12-19(30-18)22(28)25-29/h3-9,11-13,17,29H,10H2,1-2H3,(H,23,27)(H,24,26)(H,25,28)/t17-/m0/s1. The highest BCUT2D eigenvalue weighted by Gasteiger charge is 2.23. The predicted molar refractivity (Wildman–Crippen MR) is 117 cm³/mol. The monoisotopic (exact) mass is 425 g/mol. The summed E-state index contributed by atoms with van der Waals surface area (Å²) in [7, 11) is 0. The molecular weight excluding hydrogens is 402 g/mol. The maximum atomic E-state index is 13.0. The molecule has 0 spiro atoms. The van der Waals surface area contributed by atoms with Crippen LogP contribution < -0.4 is 16.1 Å². The summed E-state index contributed by atoms with van der Waals surface area (Å²) in [6.07, 6.45) is 0.368. The summed E-state index contributed by atoms with van der Waals surface area (Å²) in [5.74, 6) is -1.34. The van der Waals surface area contributed by atoms with Gasteiger partial charge in [0.15, 0.2) is 0 Å². The molecule has 0 unspecified atom stereocenters. The maximum absolute atomic E-state index is 13.0. The van der Waals surface area contributed by atoms with E-state index in [0.29, 0.717) is 17.0 Å². The van der Waals surface area contributed by atoms with Gasteiger partial charge in [-0.15, -0.1) is 11.3 Å². The molecule has 0 aliphatic heterocycles. The Morgan fingerprint density at radius 3 is 2.40 bits per heavy atom. The van der Waals surface area contributed by atoms with Crippen LogP contribution in [0.4, 0.5) is 5.69 Å². The van der Waals surface area contributed by atoms with Crippen molar-refractivity contribution in [1.82, 2.24) is 10.8 Å². The Balaban J connectivity index is 1.79. The Bertz CT molecular complexity index is 1060. The van der Waals surface area contributed by atoms with E-state index in [1.165, 1.54) is 11.3 Å². The highest BCUT2D eigenvalue weighted by Crippen LogP contribution is 2.28. The first-order valence-corrected chi connectivity index (χ1v) is 10.3. The summed E-state index contributed by atoms with van der Waals surface area (Å²) in [5.41, 5.74) is 3.11. The largest absolute Gasteiger partial charge is 0.344 e. The lowest BCUT2D eigenvalue weighted by molar-refractivity contribution is -0.128. The quantitative estimate of drug-likeness (QED) is 0.344. The number of benzene rings is 2. The zero-order chi connectivity index (χ0) is 21.7. The van der Waals surface area contributed by atoms with Crippen LogP contribution in [0.2, 0.25) is 0 Å². The van der Waals surface area contributed by atoms with E-state index in [1.54, 1.807) is 43.6 Å². The first-order chi connectivity index (χ1) is 14.4. The van der Waals surface area contributed by atoms with Gasteiger partial charge < -0.3 is 10.6 Å². The minimum Gasteiger partial charge on any atom is -0.344 e. The van der Waals surface area contributed by atoms with Crippen LogP contribution in [0.25, 0.3) is 10.1 Å². The number of rotatable bonds is 7. The molecule has 3 rings (SSSR count). The molecule has 8 heteroatoms. The van der Waals surface area contributed by atoms with Gasteiger partial charge >= 0.3 is 0 Å².